The second kappa shape index (κ2) is 9.84. The van der Waals surface area contributed by atoms with Gasteiger partial charge in [0, 0.05) is 24.4 Å². The Morgan fingerprint density at radius 1 is 0.667 bits per heavy atom. The van der Waals surface area contributed by atoms with Gasteiger partial charge in [-0.15, -0.1) is 0 Å². The fourth-order valence-corrected chi connectivity index (χ4v) is 4.21. The zero-order chi connectivity index (χ0) is 25.1. The van der Waals surface area contributed by atoms with Crippen LogP contribution in [0.25, 0.3) is 0 Å². The number of carbonyl (C=O) groups excluding carboxylic acids is 3. The number of imide groups is 1. The van der Waals surface area contributed by atoms with Gasteiger partial charge in [-0.3, -0.25) is 24.1 Å². The lowest BCUT2D eigenvalue weighted by atomic mass is 10.1. The molecule has 1 N–H and O–H groups in total. The summed E-state index contributed by atoms with van der Waals surface area (Å²) in [5.74, 6) is -0.906. The minimum absolute atomic E-state index is 0.0564. The number of hydrogen-bond donors (Lipinski definition) is 1. The predicted molar refractivity (Wildman–Crippen MR) is 135 cm³/mol. The van der Waals surface area contributed by atoms with Crippen LogP contribution in [0.3, 0.4) is 0 Å². The first kappa shape index (κ1) is 23.0. The minimum Gasteiger partial charge on any atom is -0.348 e. The molecule has 36 heavy (non-hydrogen) atoms. The maximum Gasteiger partial charge on any atom is 0.261 e. The van der Waals surface area contributed by atoms with Gasteiger partial charge in [-0.1, -0.05) is 54.6 Å². The van der Waals surface area contributed by atoms with Crippen LogP contribution in [0.4, 0.5) is 0 Å². The largest absolute Gasteiger partial charge is 0.348 e. The number of fused-ring (bicyclic) bond motifs is 1. The van der Waals surface area contributed by atoms with Gasteiger partial charge in [-0.2, -0.15) is 0 Å². The fraction of sp³-hybridized carbons (Fsp3) is 0.103. The van der Waals surface area contributed by atoms with Crippen LogP contribution < -0.4 is 10.9 Å². The summed E-state index contributed by atoms with van der Waals surface area (Å²) in [5, 5.41) is 2.90. The second-order valence-corrected chi connectivity index (χ2v) is 8.61. The topological polar surface area (TPSA) is 88.5 Å². The molecule has 5 rings (SSSR count). The van der Waals surface area contributed by atoms with E-state index in [1.807, 2.05) is 30.3 Å². The molecule has 0 bridgehead atoms. The molecule has 178 valence electrons. The highest BCUT2D eigenvalue weighted by Crippen LogP contribution is 2.24. The van der Waals surface area contributed by atoms with Crippen LogP contribution in [0.5, 0.6) is 0 Å². The van der Waals surface area contributed by atoms with Crippen molar-refractivity contribution in [1.29, 1.82) is 0 Å². The fourth-order valence-electron chi connectivity index (χ4n) is 4.21. The number of benzene rings is 3. The summed E-state index contributed by atoms with van der Waals surface area (Å²) < 4.78 is 1.63. The van der Waals surface area contributed by atoms with E-state index in [0.29, 0.717) is 35.3 Å². The molecule has 0 aliphatic carbocycles. The van der Waals surface area contributed by atoms with Gasteiger partial charge in [-0.05, 0) is 47.0 Å². The molecule has 2 heterocycles. The molecule has 0 atom stereocenters. The van der Waals surface area contributed by atoms with Gasteiger partial charge in [0.15, 0.2) is 0 Å². The molecule has 4 aromatic rings. The number of hydrogen-bond acceptors (Lipinski definition) is 4. The highest BCUT2D eigenvalue weighted by molar-refractivity contribution is 6.21. The first-order chi connectivity index (χ1) is 17.5. The molecule has 0 radical (unpaired) electrons. The van der Waals surface area contributed by atoms with Gasteiger partial charge in [0.1, 0.15) is 0 Å². The number of amides is 3. The van der Waals surface area contributed by atoms with Crippen LogP contribution >= 0.6 is 0 Å². The Morgan fingerprint density at radius 3 is 2.03 bits per heavy atom. The van der Waals surface area contributed by atoms with Crippen LogP contribution in [0.15, 0.2) is 102 Å². The van der Waals surface area contributed by atoms with E-state index in [0.717, 1.165) is 11.1 Å². The van der Waals surface area contributed by atoms with Gasteiger partial charge >= 0.3 is 0 Å². The second-order valence-electron chi connectivity index (χ2n) is 8.61. The van der Waals surface area contributed by atoms with E-state index in [1.165, 1.54) is 11.0 Å². The number of aromatic nitrogens is 1. The Labute approximate surface area is 207 Å². The van der Waals surface area contributed by atoms with Gasteiger partial charge in [0.2, 0.25) is 0 Å². The van der Waals surface area contributed by atoms with Crippen LogP contribution in [0.2, 0.25) is 0 Å². The molecule has 1 aromatic heterocycles. The number of nitrogens with zero attached hydrogens (tertiary/aromatic N) is 2. The van der Waals surface area contributed by atoms with Crippen molar-refractivity contribution in [3.63, 3.8) is 0 Å². The smallest absolute Gasteiger partial charge is 0.261 e. The Bertz CT molecular complexity index is 1490. The predicted octanol–water partition coefficient (Wildman–Crippen LogP) is 3.62. The average Bonchev–Trinajstić information content (AvgIpc) is 3.14. The molecule has 1 aliphatic heterocycles. The maximum absolute atomic E-state index is 12.8. The maximum atomic E-state index is 12.8. The number of nitrogens with one attached hydrogen (secondary N) is 1. The molecular weight excluding hydrogens is 454 g/mol. The Kier molecular flexibility index (Phi) is 6.28. The van der Waals surface area contributed by atoms with Crippen LogP contribution in [0.1, 0.15) is 47.8 Å². The van der Waals surface area contributed by atoms with Crippen LogP contribution in [-0.2, 0) is 19.6 Å². The van der Waals surface area contributed by atoms with E-state index in [-0.39, 0.29) is 29.8 Å². The van der Waals surface area contributed by atoms with Crippen molar-refractivity contribution >= 4 is 17.7 Å². The van der Waals surface area contributed by atoms with E-state index < -0.39 is 0 Å². The zero-order valence-electron chi connectivity index (χ0n) is 19.4. The van der Waals surface area contributed by atoms with Crippen molar-refractivity contribution in [2.24, 2.45) is 0 Å². The molecule has 0 unspecified atom stereocenters. The number of pyridine rings is 1. The molecule has 0 saturated heterocycles. The van der Waals surface area contributed by atoms with Crippen molar-refractivity contribution in [1.82, 2.24) is 14.8 Å². The third-order valence-electron chi connectivity index (χ3n) is 6.14. The normalized spacial score (nSPS) is 12.5. The Balaban J connectivity index is 1.20. The van der Waals surface area contributed by atoms with Crippen molar-refractivity contribution in [2.75, 3.05) is 0 Å². The SMILES string of the molecule is O=C(NCc1ccc(Cn2ccccc2=O)cc1)c1cccc(CN2C(=O)c3ccccc3C2=O)c1. The quantitative estimate of drug-likeness (QED) is 0.412. The number of rotatable bonds is 7. The number of carbonyl (C=O) groups is 3. The summed E-state index contributed by atoms with van der Waals surface area (Å²) in [6.45, 7) is 0.915. The molecule has 0 spiro atoms. The van der Waals surface area contributed by atoms with E-state index >= 15 is 0 Å². The van der Waals surface area contributed by atoms with Gasteiger partial charge in [0.25, 0.3) is 23.3 Å². The summed E-state index contributed by atoms with van der Waals surface area (Å²) in [6.07, 6.45) is 1.75. The van der Waals surface area contributed by atoms with Crippen molar-refractivity contribution in [3.05, 3.63) is 141 Å². The minimum atomic E-state index is -0.328. The first-order valence-corrected chi connectivity index (χ1v) is 11.6. The van der Waals surface area contributed by atoms with Gasteiger partial charge in [0.05, 0.1) is 24.2 Å². The highest BCUT2D eigenvalue weighted by Gasteiger charge is 2.34. The zero-order valence-corrected chi connectivity index (χ0v) is 19.4. The van der Waals surface area contributed by atoms with Crippen molar-refractivity contribution < 1.29 is 14.4 Å². The lowest BCUT2D eigenvalue weighted by Crippen LogP contribution is -2.29. The third-order valence-corrected chi connectivity index (χ3v) is 6.14. The third kappa shape index (κ3) is 4.72. The molecule has 3 aromatic carbocycles. The van der Waals surface area contributed by atoms with E-state index in [2.05, 4.69) is 5.32 Å². The van der Waals surface area contributed by atoms with E-state index in [1.54, 1.807) is 65.4 Å². The lowest BCUT2D eigenvalue weighted by Gasteiger charge is -2.14. The van der Waals surface area contributed by atoms with E-state index in [4.69, 9.17) is 0 Å². The standard InChI is InChI=1S/C29H23N3O4/c33-26-10-3-4-15-31(26)18-21-13-11-20(12-14-21)17-30-27(34)23-7-5-6-22(16-23)19-32-28(35)24-8-1-2-9-25(24)29(32)36/h1-16H,17-19H2,(H,30,34). The van der Waals surface area contributed by atoms with Crippen LogP contribution in [0, 0.1) is 0 Å². The summed E-state index contributed by atoms with van der Waals surface area (Å²) in [5.41, 5.74) is 3.80. The van der Waals surface area contributed by atoms with Crippen molar-refractivity contribution in [3.8, 4) is 0 Å². The van der Waals surface area contributed by atoms with Crippen LogP contribution in [-0.4, -0.2) is 27.2 Å². The molecule has 3 amide bonds. The van der Waals surface area contributed by atoms with Crippen molar-refractivity contribution in [2.45, 2.75) is 19.6 Å². The highest BCUT2D eigenvalue weighted by atomic mass is 16.2. The summed E-state index contributed by atoms with van der Waals surface area (Å²) in [6, 6.07) is 26.4. The molecule has 7 heteroatoms. The first-order valence-electron chi connectivity index (χ1n) is 11.6. The lowest BCUT2D eigenvalue weighted by molar-refractivity contribution is 0.0642. The Hall–Kier alpha value is -4.78. The molecule has 1 aliphatic rings. The van der Waals surface area contributed by atoms with Gasteiger partial charge in [-0.25, -0.2) is 0 Å². The van der Waals surface area contributed by atoms with Gasteiger partial charge < -0.3 is 9.88 Å². The molecule has 0 saturated carbocycles. The molecular formula is C29H23N3O4. The molecule has 7 nitrogen and oxygen atoms in total. The van der Waals surface area contributed by atoms with E-state index in [9.17, 15) is 19.2 Å². The summed E-state index contributed by atoms with van der Waals surface area (Å²) >= 11 is 0. The average molecular weight is 478 g/mol. The summed E-state index contributed by atoms with van der Waals surface area (Å²) in [7, 11) is 0. The summed E-state index contributed by atoms with van der Waals surface area (Å²) in [4.78, 5) is 51.1. The monoisotopic (exact) mass is 477 g/mol. The molecule has 0 fully saturated rings. The Morgan fingerprint density at radius 2 is 1.33 bits per heavy atom.